The van der Waals surface area contributed by atoms with Crippen molar-refractivity contribution in [1.29, 1.82) is 0 Å². The number of aromatic nitrogens is 3. The fourth-order valence-corrected chi connectivity index (χ4v) is 2.68. The number of nitrogens with zero attached hydrogens (tertiary/aromatic N) is 4. The van der Waals surface area contributed by atoms with Crippen molar-refractivity contribution in [3.05, 3.63) is 64.8 Å². The molecule has 0 aliphatic rings. The van der Waals surface area contributed by atoms with Gasteiger partial charge in [-0.25, -0.2) is 4.98 Å². The van der Waals surface area contributed by atoms with E-state index in [-0.39, 0.29) is 5.91 Å². The van der Waals surface area contributed by atoms with Crippen molar-refractivity contribution in [1.82, 2.24) is 19.3 Å². The van der Waals surface area contributed by atoms with E-state index in [1.165, 1.54) is 0 Å². The molecule has 0 spiro atoms. The Balaban J connectivity index is 1.82. The highest BCUT2D eigenvalue weighted by atomic mass is 35.5. The predicted molar refractivity (Wildman–Crippen MR) is 89.8 cm³/mol. The molecular weight excluding hydrogens is 312 g/mol. The molecule has 0 aromatic carbocycles. The third-order valence-corrected chi connectivity index (χ3v) is 4.01. The highest BCUT2D eigenvalue weighted by molar-refractivity contribution is 6.30. The van der Waals surface area contributed by atoms with Crippen molar-refractivity contribution >= 4 is 23.2 Å². The van der Waals surface area contributed by atoms with Crippen LogP contribution in [0.1, 0.15) is 21.7 Å². The molecule has 0 fully saturated rings. The summed E-state index contributed by atoms with van der Waals surface area (Å²) in [4.78, 5) is 22.9. The maximum atomic E-state index is 12.8. The average Bonchev–Trinajstić information content (AvgIpc) is 2.88. The highest BCUT2D eigenvalue weighted by Gasteiger charge is 2.20. The third kappa shape index (κ3) is 3.19. The van der Waals surface area contributed by atoms with E-state index in [9.17, 15) is 4.79 Å². The fourth-order valence-electron chi connectivity index (χ4n) is 2.52. The standard InChI is InChI=1S/C17H17ClN4O/c1-12-16(22-11-14(18)3-4-15(22)20-12)17(23)21(2)10-7-13-5-8-19-9-6-13/h3-6,8-9,11H,7,10H2,1-2H3. The van der Waals surface area contributed by atoms with Crippen LogP contribution < -0.4 is 0 Å². The number of rotatable bonds is 4. The van der Waals surface area contributed by atoms with Crippen molar-refractivity contribution in [3.8, 4) is 0 Å². The molecule has 0 atom stereocenters. The lowest BCUT2D eigenvalue weighted by atomic mass is 10.2. The minimum absolute atomic E-state index is 0.0636. The molecule has 3 rings (SSSR count). The van der Waals surface area contributed by atoms with E-state index >= 15 is 0 Å². The Bertz CT molecular complexity index is 844. The third-order valence-electron chi connectivity index (χ3n) is 3.79. The van der Waals surface area contributed by atoms with E-state index in [0.29, 0.717) is 23.0 Å². The molecule has 118 valence electrons. The van der Waals surface area contributed by atoms with Crippen LogP contribution in [0.2, 0.25) is 5.02 Å². The number of likely N-dealkylation sites (N-methyl/N-ethyl adjacent to an activating group) is 1. The van der Waals surface area contributed by atoms with Gasteiger partial charge in [-0.15, -0.1) is 0 Å². The lowest BCUT2D eigenvalue weighted by Crippen LogP contribution is -2.30. The minimum Gasteiger partial charge on any atom is -0.340 e. The molecule has 0 saturated carbocycles. The molecule has 1 amide bonds. The summed E-state index contributed by atoms with van der Waals surface area (Å²) < 4.78 is 1.75. The number of hydrogen-bond acceptors (Lipinski definition) is 3. The fraction of sp³-hybridized carbons (Fsp3) is 0.235. The van der Waals surface area contributed by atoms with Crippen LogP contribution in [0.25, 0.3) is 5.65 Å². The van der Waals surface area contributed by atoms with Gasteiger partial charge in [0, 0.05) is 32.2 Å². The second-order valence-electron chi connectivity index (χ2n) is 5.45. The summed E-state index contributed by atoms with van der Waals surface area (Å²) in [6.45, 7) is 2.46. The molecule has 3 heterocycles. The maximum absolute atomic E-state index is 12.8. The Morgan fingerprint density at radius 1 is 1.26 bits per heavy atom. The van der Waals surface area contributed by atoms with Gasteiger partial charge in [-0.2, -0.15) is 0 Å². The van der Waals surface area contributed by atoms with Crippen molar-refractivity contribution in [2.45, 2.75) is 13.3 Å². The quantitative estimate of drug-likeness (QED) is 0.739. The van der Waals surface area contributed by atoms with Gasteiger partial charge in [0.25, 0.3) is 5.91 Å². The van der Waals surface area contributed by atoms with Gasteiger partial charge in [0.1, 0.15) is 11.3 Å². The molecule has 0 radical (unpaired) electrons. The van der Waals surface area contributed by atoms with Crippen LogP contribution in [0.5, 0.6) is 0 Å². The van der Waals surface area contributed by atoms with Crippen molar-refractivity contribution in [2.75, 3.05) is 13.6 Å². The van der Waals surface area contributed by atoms with Gasteiger partial charge in [0.2, 0.25) is 0 Å². The maximum Gasteiger partial charge on any atom is 0.272 e. The number of aryl methyl sites for hydroxylation is 1. The molecule has 0 saturated heterocycles. The number of fused-ring (bicyclic) bond motifs is 1. The Morgan fingerprint density at radius 3 is 2.74 bits per heavy atom. The Kier molecular flexibility index (Phi) is 4.30. The van der Waals surface area contributed by atoms with Crippen molar-refractivity contribution in [3.63, 3.8) is 0 Å². The van der Waals surface area contributed by atoms with E-state index in [1.54, 1.807) is 41.0 Å². The topological polar surface area (TPSA) is 50.5 Å². The van der Waals surface area contributed by atoms with Crippen LogP contribution in [-0.2, 0) is 6.42 Å². The van der Waals surface area contributed by atoms with Gasteiger partial charge >= 0.3 is 0 Å². The van der Waals surface area contributed by atoms with Crippen LogP contribution in [0.3, 0.4) is 0 Å². The van der Waals surface area contributed by atoms with Crippen LogP contribution >= 0.6 is 11.6 Å². The molecule has 0 aliphatic heterocycles. The van der Waals surface area contributed by atoms with Crippen molar-refractivity contribution < 1.29 is 4.79 Å². The first-order chi connectivity index (χ1) is 11.1. The summed E-state index contributed by atoms with van der Waals surface area (Å²) in [6.07, 6.45) is 6.02. The van der Waals surface area contributed by atoms with Gasteiger partial charge in [-0.3, -0.25) is 14.2 Å². The van der Waals surface area contributed by atoms with E-state index < -0.39 is 0 Å². The Labute approximate surface area is 139 Å². The predicted octanol–water partition coefficient (Wildman–Crippen LogP) is 3.01. The van der Waals surface area contributed by atoms with Gasteiger partial charge in [-0.1, -0.05) is 11.6 Å². The lowest BCUT2D eigenvalue weighted by molar-refractivity contribution is 0.0789. The van der Waals surface area contributed by atoms with Gasteiger partial charge in [0.15, 0.2) is 0 Å². The van der Waals surface area contributed by atoms with E-state index in [4.69, 9.17) is 11.6 Å². The second-order valence-corrected chi connectivity index (χ2v) is 5.89. The number of carbonyl (C=O) groups excluding carboxylic acids is 1. The SMILES string of the molecule is Cc1nc2ccc(Cl)cn2c1C(=O)N(C)CCc1ccncc1. The minimum atomic E-state index is -0.0636. The molecule has 0 bridgehead atoms. The first-order valence-corrected chi connectivity index (χ1v) is 7.72. The average molecular weight is 329 g/mol. The Hall–Kier alpha value is -2.40. The number of pyridine rings is 2. The first kappa shape index (κ1) is 15.5. The molecule has 0 unspecified atom stereocenters. The smallest absolute Gasteiger partial charge is 0.272 e. The summed E-state index contributed by atoms with van der Waals surface area (Å²) >= 11 is 6.05. The zero-order valence-electron chi connectivity index (χ0n) is 13.0. The monoisotopic (exact) mass is 328 g/mol. The van der Waals surface area contributed by atoms with E-state index in [2.05, 4.69) is 9.97 Å². The summed E-state index contributed by atoms with van der Waals surface area (Å²) in [7, 11) is 1.80. The van der Waals surface area contributed by atoms with Crippen LogP contribution in [0.4, 0.5) is 0 Å². The summed E-state index contributed by atoms with van der Waals surface area (Å²) in [5.41, 5.74) is 3.13. The van der Waals surface area contributed by atoms with Crippen molar-refractivity contribution in [2.24, 2.45) is 0 Å². The van der Waals surface area contributed by atoms with Gasteiger partial charge < -0.3 is 4.90 Å². The molecule has 3 aromatic rings. The summed E-state index contributed by atoms with van der Waals surface area (Å²) in [5, 5.41) is 0.573. The zero-order valence-corrected chi connectivity index (χ0v) is 13.8. The summed E-state index contributed by atoms with van der Waals surface area (Å²) in [6, 6.07) is 7.49. The molecule has 23 heavy (non-hydrogen) atoms. The van der Waals surface area contributed by atoms with Crippen LogP contribution in [0.15, 0.2) is 42.9 Å². The number of amides is 1. The largest absolute Gasteiger partial charge is 0.340 e. The summed E-state index contributed by atoms with van der Waals surface area (Å²) in [5.74, 6) is -0.0636. The van der Waals surface area contributed by atoms with Gasteiger partial charge in [-0.05, 0) is 43.2 Å². The van der Waals surface area contributed by atoms with E-state index in [0.717, 1.165) is 17.6 Å². The molecular formula is C17H17ClN4O. The zero-order chi connectivity index (χ0) is 16.4. The molecule has 3 aromatic heterocycles. The number of hydrogen-bond donors (Lipinski definition) is 0. The van der Waals surface area contributed by atoms with E-state index in [1.807, 2.05) is 25.1 Å². The Morgan fingerprint density at radius 2 is 2.00 bits per heavy atom. The second kappa shape index (κ2) is 6.38. The number of halogens is 1. The number of imidazole rings is 1. The highest BCUT2D eigenvalue weighted by Crippen LogP contribution is 2.17. The molecule has 5 nitrogen and oxygen atoms in total. The number of carbonyl (C=O) groups is 1. The van der Waals surface area contributed by atoms with Crippen LogP contribution in [-0.4, -0.2) is 38.8 Å². The molecule has 6 heteroatoms. The molecule has 0 N–H and O–H groups in total. The lowest BCUT2D eigenvalue weighted by Gasteiger charge is -2.17. The van der Waals surface area contributed by atoms with Crippen LogP contribution in [0, 0.1) is 6.92 Å². The van der Waals surface area contributed by atoms with Gasteiger partial charge in [0.05, 0.1) is 10.7 Å². The normalized spacial score (nSPS) is 10.9. The molecule has 0 aliphatic carbocycles. The first-order valence-electron chi connectivity index (χ1n) is 7.35.